The van der Waals surface area contributed by atoms with E-state index < -0.39 is 11.6 Å². The van der Waals surface area contributed by atoms with Crippen LogP contribution in [0.25, 0.3) is 11.5 Å². The number of nitrogens with one attached hydrogen (secondary N) is 1. The molecular formula is C12H14N4O3S. The molecule has 2 heterocycles. The van der Waals surface area contributed by atoms with Gasteiger partial charge >= 0.3 is 6.09 Å². The fourth-order valence-corrected chi connectivity index (χ4v) is 1.88. The molecule has 0 saturated carbocycles. The van der Waals surface area contributed by atoms with Crippen molar-refractivity contribution in [1.82, 2.24) is 15.2 Å². The molecule has 0 saturated heterocycles. The molecule has 0 aliphatic heterocycles. The molecule has 0 aliphatic rings. The predicted octanol–water partition coefficient (Wildman–Crippen LogP) is 3.08. The maximum atomic E-state index is 11.4. The Morgan fingerprint density at radius 2 is 2.20 bits per heavy atom. The number of anilines is 1. The number of hydrogen-bond donors (Lipinski definition) is 2. The number of carbonyl (C=O) groups is 1. The van der Waals surface area contributed by atoms with Crippen LogP contribution in [0.15, 0.2) is 22.7 Å². The molecule has 2 aromatic rings. The van der Waals surface area contributed by atoms with Crippen molar-refractivity contribution >= 4 is 24.1 Å². The molecule has 106 valence electrons. The van der Waals surface area contributed by atoms with Crippen molar-refractivity contribution in [2.75, 3.05) is 4.90 Å². The molecule has 0 aromatic carbocycles. The standard InChI is InChI=1S/C12H14N4O3S/c1-12(2,3)16(11(17)18)8-6-7(4-5-13-8)9-14-15-10(20)19-9/h4-6H,1-3H3,(H,15,20)(H,17,18). The van der Waals surface area contributed by atoms with Crippen molar-refractivity contribution in [2.45, 2.75) is 26.3 Å². The summed E-state index contributed by atoms with van der Waals surface area (Å²) in [5.74, 6) is 0.588. The first-order chi connectivity index (χ1) is 9.29. The third-order valence-corrected chi connectivity index (χ3v) is 2.70. The van der Waals surface area contributed by atoms with Gasteiger partial charge in [-0.25, -0.2) is 14.9 Å². The molecule has 0 bridgehead atoms. The quantitative estimate of drug-likeness (QED) is 0.826. The Hall–Kier alpha value is -2.22. The number of H-pyrrole nitrogens is 1. The summed E-state index contributed by atoms with van der Waals surface area (Å²) in [5, 5.41) is 15.8. The van der Waals surface area contributed by atoms with Gasteiger partial charge in [-0.05, 0) is 45.1 Å². The summed E-state index contributed by atoms with van der Waals surface area (Å²) < 4.78 is 5.20. The van der Waals surface area contributed by atoms with Crippen molar-refractivity contribution in [1.29, 1.82) is 0 Å². The summed E-state index contributed by atoms with van der Waals surface area (Å²) in [4.78, 5) is 16.9. The molecule has 0 atom stereocenters. The first-order valence-electron chi connectivity index (χ1n) is 5.84. The van der Waals surface area contributed by atoms with Crippen LogP contribution in [0.1, 0.15) is 20.8 Å². The maximum Gasteiger partial charge on any atom is 0.413 e. The zero-order valence-corrected chi connectivity index (χ0v) is 12.1. The van der Waals surface area contributed by atoms with Gasteiger partial charge in [0.05, 0.1) is 0 Å². The number of aromatic amines is 1. The van der Waals surface area contributed by atoms with Gasteiger partial charge in [0.1, 0.15) is 5.82 Å². The highest BCUT2D eigenvalue weighted by atomic mass is 32.1. The zero-order chi connectivity index (χ0) is 14.9. The SMILES string of the molecule is CC(C)(C)N(C(=O)O)c1cc(-c2n[nH]c(=S)o2)ccn1. The Balaban J connectivity index is 2.48. The van der Waals surface area contributed by atoms with Crippen LogP contribution in [-0.4, -0.2) is 31.9 Å². The Morgan fingerprint density at radius 3 is 2.70 bits per heavy atom. The minimum atomic E-state index is -1.08. The highest BCUT2D eigenvalue weighted by molar-refractivity contribution is 7.71. The smallest absolute Gasteiger partial charge is 0.413 e. The van der Waals surface area contributed by atoms with Crippen molar-refractivity contribution in [2.24, 2.45) is 0 Å². The van der Waals surface area contributed by atoms with Gasteiger partial charge in [-0.3, -0.25) is 4.90 Å². The first-order valence-corrected chi connectivity index (χ1v) is 6.25. The minimum Gasteiger partial charge on any atom is -0.465 e. The lowest BCUT2D eigenvalue weighted by Gasteiger charge is -2.32. The Labute approximate surface area is 120 Å². The largest absolute Gasteiger partial charge is 0.465 e. The van der Waals surface area contributed by atoms with E-state index in [1.807, 2.05) is 0 Å². The second-order valence-corrected chi connectivity index (χ2v) is 5.48. The van der Waals surface area contributed by atoms with Crippen LogP contribution < -0.4 is 4.90 Å². The fourth-order valence-electron chi connectivity index (χ4n) is 1.76. The predicted molar refractivity (Wildman–Crippen MR) is 75.2 cm³/mol. The van der Waals surface area contributed by atoms with E-state index in [2.05, 4.69) is 15.2 Å². The number of hydrogen-bond acceptors (Lipinski definition) is 5. The molecule has 0 fully saturated rings. The average molecular weight is 294 g/mol. The topological polar surface area (TPSA) is 95.2 Å². The van der Waals surface area contributed by atoms with Crippen LogP contribution in [0, 0.1) is 4.84 Å². The van der Waals surface area contributed by atoms with E-state index in [4.69, 9.17) is 16.6 Å². The van der Waals surface area contributed by atoms with E-state index in [0.717, 1.165) is 0 Å². The van der Waals surface area contributed by atoms with Crippen molar-refractivity contribution in [3.05, 3.63) is 23.2 Å². The van der Waals surface area contributed by atoms with E-state index in [1.54, 1.807) is 32.9 Å². The highest BCUT2D eigenvalue weighted by Gasteiger charge is 2.29. The lowest BCUT2D eigenvalue weighted by molar-refractivity contribution is 0.195. The summed E-state index contributed by atoms with van der Waals surface area (Å²) in [7, 11) is 0. The highest BCUT2D eigenvalue weighted by Crippen LogP contribution is 2.26. The summed E-state index contributed by atoms with van der Waals surface area (Å²) in [6.45, 7) is 5.36. The number of carboxylic acid groups (broad SMARTS) is 1. The van der Waals surface area contributed by atoms with E-state index in [9.17, 15) is 9.90 Å². The molecule has 20 heavy (non-hydrogen) atoms. The summed E-state index contributed by atoms with van der Waals surface area (Å²) in [6.07, 6.45) is 0.421. The molecule has 1 amide bonds. The van der Waals surface area contributed by atoms with Crippen molar-refractivity contribution < 1.29 is 14.3 Å². The Morgan fingerprint density at radius 1 is 1.50 bits per heavy atom. The summed E-state index contributed by atoms with van der Waals surface area (Å²) >= 11 is 4.81. The van der Waals surface area contributed by atoms with Crippen LogP contribution in [0.3, 0.4) is 0 Å². The zero-order valence-electron chi connectivity index (χ0n) is 11.2. The molecule has 0 aliphatic carbocycles. The number of nitrogens with zero attached hydrogens (tertiary/aromatic N) is 3. The number of rotatable bonds is 2. The van der Waals surface area contributed by atoms with Gasteiger partial charge in [-0.1, -0.05) is 0 Å². The number of pyridine rings is 1. The number of amides is 1. The van der Waals surface area contributed by atoms with Crippen LogP contribution in [0.5, 0.6) is 0 Å². The fraction of sp³-hybridized carbons (Fsp3) is 0.333. The third-order valence-electron chi connectivity index (χ3n) is 2.52. The van der Waals surface area contributed by atoms with Crippen molar-refractivity contribution in [3.8, 4) is 11.5 Å². The second-order valence-electron chi connectivity index (χ2n) is 5.11. The van der Waals surface area contributed by atoms with Gasteiger partial charge in [0.15, 0.2) is 0 Å². The lowest BCUT2D eigenvalue weighted by Crippen LogP contribution is -2.45. The molecular weight excluding hydrogens is 280 g/mol. The van der Waals surface area contributed by atoms with Gasteiger partial charge in [-0.2, -0.15) is 0 Å². The van der Waals surface area contributed by atoms with Crippen LogP contribution in [0.2, 0.25) is 0 Å². The molecule has 7 nitrogen and oxygen atoms in total. The normalized spacial score (nSPS) is 11.3. The van der Waals surface area contributed by atoms with Gasteiger partial charge in [0, 0.05) is 17.3 Å². The lowest BCUT2D eigenvalue weighted by atomic mass is 10.1. The average Bonchev–Trinajstić information content (AvgIpc) is 2.74. The first kappa shape index (κ1) is 14.2. The maximum absolute atomic E-state index is 11.4. The molecule has 0 radical (unpaired) electrons. The van der Waals surface area contributed by atoms with Crippen LogP contribution in [0.4, 0.5) is 10.6 Å². The van der Waals surface area contributed by atoms with Crippen LogP contribution >= 0.6 is 12.2 Å². The van der Waals surface area contributed by atoms with Gasteiger partial charge in [0.2, 0.25) is 5.89 Å². The third kappa shape index (κ3) is 2.85. The molecule has 2 N–H and O–H groups in total. The van der Waals surface area contributed by atoms with E-state index in [-0.39, 0.29) is 10.7 Å². The summed E-state index contributed by atoms with van der Waals surface area (Å²) in [6, 6.07) is 3.26. The van der Waals surface area contributed by atoms with Crippen molar-refractivity contribution in [3.63, 3.8) is 0 Å². The molecule has 8 heteroatoms. The van der Waals surface area contributed by atoms with Crippen LogP contribution in [-0.2, 0) is 0 Å². The van der Waals surface area contributed by atoms with Gasteiger partial charge < -0.3 is 9.52 Å². The van der Waals surface area contributed by atoms with Gasteiger partial charge in [-0.15, -0.1) is 5.10 Å². The Kier molecular flexibility index (Phi) is 3.58. The molecule has 0 unspecified atom stereocenters. The summed E-state index contributed by atoms with van der Waals surface area (Å²) in [5.41, 5.74) is -0.0264. The van der Waals surface area contributed by atoms with E-state index in [0.29, 0.717) is 11.4 Å². The monoisotopic (exact) mass is 294 g/mol. The molecule has 2 rings (SSSR count). The minimum absolute atomic E-state index is 0.157. The Bertz CT molecular complexity index is 686. The van der Waals surface area contributed by atoms with E-state index >= 15 is 0 Å². The van der Waals surface area contributed by atoms with Gasteiger partial charge in [0.25, 0.3) is 4.84 Å². The second kappa shape index (κ2) is 5.04. The van der Waals surface area contributed by atoms with E-state index in [1.165, 1.54) is 11.1 Å². The molecule has 2 aromatic heterocycles. The number of aromatic nitrogens is 3. The molecule has 0 spiro atoms.